The Balaban J connectivity index is 1.48. The van der Waals surface area contributed by atoms with Crippen LogP contribution in [0.25, 0.3) is 5.69 Å². The summed E-state index contributed by atoms with van der Waals surface area (Å²) >= 11 is 1.31. The molecule has 0 bridgehead atoms. The first kappa shape index (κ1) is 17.5. The molecule has 3 aromatic rings. The lowest BCUT2D eigenvalue weighted by atomic mass is 10.1. The average Bonchev–Trinajstić information content (AvgIpc) is 3.32. The van der Waals surface area contributed by atoms with Crippen LogP contribution < -0.4 is 4.90 Å². The standard InChI is InChI=1S/C20H16FN3O2S/c21-16-2-1-3-17(11-16)24-9-7-22-20(24)27-12-19(26)15-4-5-18-14(10-15)6-8-23(18)13-25/h1-5,7,9-11,13H,6,8,12H2. The van der Waals surface area contributed by atoms with Gasteiger partial charge in [0.15, 0.2) is 10.9 Å². The molecule has 0 saturated heterocycles. The molecule has 136 valence electrons. The van der Waals surface area contributed by atoms with E-state index in [0.717, 1.165) is 24.1 Å². The van der Waals surface area contributed by atoms with Crippen molar-refractivity contribution in [2.45, 2.75) is 11.6 Å². The van der Waals surface area contributed by atoms with Crippen LogP contribution in [0.5, 0.6) is 0 Å². The summed E-state index contributed by atoms with van der Waals surface area (Å²) in [6.07, 6.45) is 4.94. The number of imidazole rings is 1. The first-order valence-corrected chi connectivity index (χ1v) is 9.44. The fraction of sp³-hybridized carbons (Fsp3) is 0.150. The van der Waals surface area contributed by atoms with E-state index in [4.69, 9.17) is 0 Å². The summed E-state index contributed by atoms with van der Waals surface area (Å²) in [5.74, 6) is -0.112. The van der Waals surface area contributed by atoms with Crippen molar-refractivity contribution in [2.75, 3.05) is 17.2 Å². The van der Waals surface area contributed by atoms with Gasteiger partial charge in [-0.15, -0.1) is 0 Å². The Labute approximate surface area is 159 Å². The van der Waals surface area contributed by atoms with Gasteiger partial charge in [-0.2, -0.15) is 0 Å². The van der Waals surface area contributed by atoms with Crippen molar-refractivity contribution < 1.29 is 14.0 Å². The van der Waals surface area contributed by atoms with Gasteiger partial charge in [0, 0.05) is 30.2 Å². The van der Waals surface area contributed by atoms with Crippen LogP contribution >= 0.6 is 11.8 Å². The summed E-state index contributed by atoms with van der Waals surface area (Å²) < 4.78 is 15.2. The summed E-state index contributed by atoms with van der Waals surface area (Å²) in [6.45, 7) is 0.649. The van der Waals surface area contributed by atoms with Crippen LogP contribution in [0.15, 0.2) is 60.0 Å². The van der Waals surface area contributed by atoms with Crippen LogP contribution in [0.2, 0.25) is 0 Å². The Bertz CT molecular complexity index is 1020. The van der Waals surface area contributed by atoms with Crippen molar-refractivity contribution >= 4 is 29.6 Å². The molecular formula is C20H16FN3O2S. The Hall–Kier alpha value is -2.93. The molecule has 1 aromatic heterocycles. The number of halogens is 1. The smallest absolute Gasteiger partial charge is 0.214 e. The molecule has 1 aliphatic rings. The largest absolute Gasteiger partial charge is 0.314 e. The molecular weight excluding hydrogens is 365 g/mol. The number of amides is 1. The van der Waals surface area contributed by atoms with E-state index in [1.165, 1.54) is 23.9 Å². The second kappa shape index (κ2) is 7.36. The highest BCUT2D eigenvalue weighted by molar-refractivity contribution is 7.99. The number of hydrogen-bond acceptors (Lipinski definition) is 4. The Kier molecular flexibility index (Phi) is 4.77. The molecule has 0 radical (unpaired) electrons. The Morgan fingerprint density at radius 1 is 1.26 bits per heavy atom. The molecule has 2 aromatic carbocycles. The van der Waals surface area contributed by atoms with Gasteiger partial charge in [0.05, 0.1) is 11.4 Å². The van der Waals surface area contributed by atoms with Crippen LogP contribution in [0.4, 0.5) is 10.1 Å². The van der Waals surface area contributed by atoms with Gasteiger partial charge >= 0.3 is 0 Å². The van der Waals surface area contributed by atoms with Crippen LogP contribution in [0, 0.1) is 5.82 Å². The SMILES string of the molecule is O=CN1CCc2cc(C(=O)CSc3nccn3-c3cccc(F)c3)ccc21. The highest BCUT2D eigenvalue weighted by Crippen LogP contribution is 2.28. The molecule has 0 spiro atoms. The number of benzene rings is 2. The van der Waals surface area contributed by atoms with E-state index >= 15 is 0 Å². The minimum Gasteiger partial charge on any atom is -0.314 e. The zero-order chi connectivity index (χ0) is 18.8. The number of thioether (sulfide) groups is 1. The van der Waals surface area contributed by atoms with Crippen LogP contribution in [0.1, 0.15) is 15.9 Å². The lowest BCUT2D eigenvalue weighted by Crippen LogP contribution is -2.17. The zero-order valence-electron chi connectivity index (χ0n) is 14.3. The number of rotatable bonds is 6. The molecule has 0 aliphatic carbocycles. The predicted molar refractivity (Wildman–Crippen MR) is 102 cm³/mol. The number of anilines is 1. The molecule has 0 N–H and O–H groups in total. The van der Waals surface area contributed by atoms with Crippen LogP contribution in [-0.2, 0) is 11.2 Å². The summed E-state index contributed by atoms with van der Waals surface area (Å²) in [5, 5.41) is 0.627. The summed E-state index contributed by atoms with van der Waals surface area (Å²) in [4.78, 5) is 29.5. The maximum atomic E-state index is 13.5. The minimum absolute atomic E-state index is 0.0128. The molecule has 2 heterocycles. The topological polar surface area (TPSA) is 55.2 Å². The van der Waals surface area contributed by atoms with Crippen LogP contribution in [0.3, 0.4) is 0 Å². The first-order valence-electron chi connectivity index (χ1n) is 8.46. The maximum Gasteiger partial charge on any atom is 0.214 e. The Morgan fingerprint density at radius 3 is 2.96 bits per heavy atom. The molecule has 4 rings (SSSR count). The molecule has 27 heavy (non-hydrogen) atoms. The summed E-state index contributed by atoms with van der Waals surface area (Å²) in [7, 11) is 0. The molecule has 1 amide bonds. The van der Waals surface area contributed by atoms with Gasteiger partial charge in [-0.25, -0.2) is 9.37 Å². The molecule has 0 atom stereocenters. The molecule has 5 nitrogen and oxygen atoms in total. The third-order valence-corrected chi connectivity index (χ3v) is 5.45. The van der Waals surface area contributed by atoms with Crippen molar-refractivity contribution in [1.29, 1.82) is 0 Å². The summed E-state index contributed by atoms with van der Waals surface area (Å²) in [5.41, 5.74) is 3.17. The van der Waals surface area contributed by atoms with Crippen molar-refractivity contribution in [3.05, 3.63) is 71.8 Å². The maximum absolute atomic E-state index is 13.5. The fourth-order valence-corrected chi connectivity index (χ4v) is 4.01. The van der Waals surface area contributed by atoms with E-state index in [1.807, 2.05) is 12.1 Å². The van der Waals surface area contributed by atoms with Gasteiger partial charge in [-0.05, 0) is 48.4 Å². The number of ketones is 1. The first-order chi connectivity index (χ1) is 13.2. The van der Waals surface area contributed by atoms with Gasteiger partial charge in [-0.3, -0.25) is 14.2 Å². The number of nitrogens with zero attached hydrogens (tertiary/aromatic N) is 3. The van der Waals surface area contributed by atoms with Crippen molar-refractivity contribution in [3.8, 4) is 5.69 Å². The molecule has 0 saturated carbocycles. The predicted octanol–water partition coefficient (Wildman–Crippen LogP) is 3.51. The molecule has 0 fully saturated rings. The highest BCUT2D eigenvalue weighted by Gasteiger charge is 2.20. The number of Topliss-reactive ketones (excluding diaryl/α,β-unsaturated/α-hetero) is 1. The van der Waals surface area contributed by atoms with E-state index in [1.54, 1.807) is 40.1 Å². The molecule has 7 heteroatoms. The van der Waals surface area contributed by atoms with Crippen LogP contribution in [-0.4, -0.2) is 34.0 Å². The minimum atomic E-state index is -0.323. The van der Waals surface area contributed by atoms with E-state index in [-0.39, 0.29) is 17.4 Å². The van der Waals surface area contributed by atoms with Crippen molar-refractivity contribution in [3.63, 3.8) is 0 Å². The Morgan fingerprint density at radius 2 is 2.15 bits per heavy atom. The highest BCUT2D eigenvalue weighted by atomic mass is 32.2. The molecule has 0 unspecified atom stereocenters. The molecule has 1 aliphatic heterocycles. The van der Waals surface area contributed by atoms with E-state index in [0.29, 0.717) is 23.0 Å². The van der Waals surface area contributed by atoms with Crippen molar-refractivity contribution in [2.24, 2.45) is 0 Å². The number of carbonyl (C=O) groups excluding carboxylic acids is 2. The average molecular weight is 381 g/mol. The fourth-order valence-electron chi connectivity index (χ4n) is 3.14. The monoisotopic (exact) mass is 381 g/mol. The van der Waals surface area contributed by atoms with Gasteiger partial charge in [-0.1, -0.05) is 17.8 Å². The number of fused-ring (bicyclic) bond motifs is 1. The number of hydrogen-bond donors (Lipinski definition) is 0. The second-order valence-corrected chi connectivity index (χ2v) is 7.11. The third kappa shape index (κ3) is 3.50. The number of carbonyl (C=O) groups is 2. The summed E-state index contributed by atoms with van der Waals surface area (Å²) in [6, 6.07) is 11.7. The van der Waals surface area contributed by atoms with E-state index in [9.17, 15) is 14.0 Å². The van der Waals surface area contributed by atoms with E-state index in [2.05, 4.69) is 4.98 Å². The zero-order valence-corrected chi connectivity index (χ0v) is 15.2. The third-order valence-electron chi connectivity index (χ3n) is 4.49. The number of aromatic nitrogens is 2. The lowest BCUT2D eigenvalue weighted by Gasteiger charge is -2.10. The quantitative estimate of drug-likeness (QED) is 0.373. The van der Waals surface area contributed by atoms with Gasteiger partial charge in [0.25, 0.3) is 0 Å². The lowest BCUT2D eigenvalue weighted by molar-refractivity contribution is -0.107. The van der Waals surface area contributed by atoms with Gasteiger partial charge < -0.3 is 4.90 Å². The van der Waals surface area contributed by atoms with Gasteiger partial charge in [0.2, 0.25) is 6.41 Å². The normalized spacial score (nSPS) is 12.9. The van der Waals surface area contributed by atoms with Crippen molar-refractivity contribution in [1.82, 2.24) is 9.55 Å². The van der Waals surface area contributed by atoms with Gasteiger partial charge in [0.1, 0.15) is 5.82 Å². The second-order valence-electron chi connectivity index (χ2n) is 6.16. The van der Waals surface area contributed by atoms with E-state index < -0.39 is 0 Å².